The van der Waals surface area contributed by atoms with Crippen LogP contribution >= 0.6 is 43.2 Å². The lowest BCUT2D eigenvalue weighted by Crippen LogP contribution is -2.33. The molecule has 1 aromatic heterocycles. The number of carbonyl (C=O) groups is 1. The maximum absolute atomic E-state index is 12.1. The molecule has 1 atom stereocenters. The summed E-state index contributed by atoms with van der Waals surface area (Å²) in [7, 11) is 0. The van der Waals surface area contributed by atoms with Crippen molar-refractivity contribution in [3.8, 4) is 0 Å². The van der Waals surface area contributed by atoms with Crippen LogP contribution in [0.15, 0.2) is 13.6 Å². The number of thiophene rings is 1. The van der Waals surface area contributed by atoms with Gasteiger partial charge in [-0.2, -0.15) is 0 Å². The van der Waals surface area contributed by atoms with Gasteiger partial charge in [0.05, 0.1) is 18.7 Å². The summed E-state index contributed by atoms with van der Waals surface area (Å²) >= 11 is 8.20. The number of nitrogens with zero attached hydrogens (tertiary/aromatic N) is 1. The first-order valence-corrected chi connectivity index (χ1v) is 7.26. The normalized spacial score (nSPS) is 25.1. The minimum absolute atomic E-state index is 0.0217. The summed E-state index contributed by atoms with van der Waals surface area (Å²) in [4.78, 5) is 13.8. The molecule has 0 aliphatic carbocycles. The van der Waals surface area contributed by atoms with Gasteiger partial charge in [0.2, 0.25) is 0 Å². The molecule has 1 aromatic rings. The third-order valence-electron chi connectivity index (χ3n) is 2.63. The molecule has 0 aromatic carbocycles. The summed E-state index contributed by atoms with van der Waals surface area (Å²) in [5.41, 5.74) is -0.0790. The highest BCUT2D eigenvalue weighted by atomic mass is 79.9. The Morgan fingerprint density at radius 1 is 1.62 bits per heavy atom. The van der Waals surface area contributed by atoms with Crippen molar-refractivity contribution < 1.29 is 9.90 Å². The monoisotopic (exact) mass is 367 g/mol. The average Bonchev–Trinajstić information content (AvgIpc) is 2.68. The van der Waals surface area contributed by atoms with Gasteiger partial charge in [0.15, 0.2) is 0 Å². The molecule has 3 nitrogen and oxygen atoms in total. The molecule has 6 heteroatoms. The van der Waals surface area contributed by atoms with E-state index >= 15 is 0 Å². The summed E-state index contributed by atoms with van der Waals surface area (Å²) in [6.07, 6.45) is 0.641. The van der Waals surface area contributed by atoms with Crippen molar-refractivity contribution in [2.24, 2.45) is 0 Å². The number of amides is 1. The first kappa shape index (κ1) is 12.5. The van der Waals surface area contributed by atoms with Crippen LogP contribution in [-0.4, -0.2) is 34.6 Å². The highest BCUT2D eigenvalue weighted by molar-refractivity contribution is 9.12. The van der Waals surface area contributed by atoms with E-state index in [1.54, 1.807) is 11.8 Å². The first-order valence-electron chi connectivity index (χ1n) is 4.85. The molecule has 0 spiro atoms. The van der Waals surface area contributed by atoms with Crippen LogP contribution in [0.1, 0.15) is 23.7 Å². The molecule has 1 aliphatic heterocycles. The predicted octanol–water partition coefficient (Wildman–Crippen LogP) is 2.87. The Kier molecular flexibility index (Phi) is 3.45. The lowest BCUT2D eigenvalue weighted by atomic mass is 10.1. The van der Waals surface area contributed by atoms with Gasteiger partial charge in [0, 0.05) is 13.1 Å². The topological polar surface area (TPSA) is 40.5 Å². The fraction of sp³-hybridized carbons (Fsp3) is 0.500. The zero-order chi connectivity index (χ0) is 11.9. The van der Waals surface area contributed by atoms with Crippen LogP contribution in [0.25, 0.3) is 0 Å². The Balaban J connectivity index is 2.18. The molecule has 0 bridgehead atoms. The molecule has 1 aliphatic rings. The number of aliphatic hydroxyl groups is 1. The Morgan fingerprint density at radius 3 is 2.75 bits per heavy atom. The van der Waals surface area contributed by atoms with Gasteiger partial charge in [0.1, 0.15) is 0 Å². The molecule has 1 fully saturated rings. The third-order valence-corrected chi connectivity index (χ3v) is 4.97. The average molecular weight is 369 g/mol. The SMILES string of the molecule is CC1(O)CCN(C(=O)c2cc(Br)sc2Br)C1. The highest BCUT2D eigenvalue weighted by Crippen LogP contribution is 2.33. The van der Waals surface area contributed by atoms with E-state index in [9.17, 15) is 9.90 Å². The predicted molar refractivity (Wildman–Crippen MR) is 70.9 cm³/mol. The van der Waals surface area contributed by atoms with Gasteiger partial charge in [0.25, 0.3) is 5.91 Å². The number of carbonyl (C=O) groups excluding carboxylic acids is 1. The van der Waals surface area contributed by atoms with Crippen molar-refractivity contribution in [1.29, 1.82) is 0 Å². The Bertz CT molecular complexity index is 430. The van der Waals surface area contributed by atoms with Gasteiger partial charge >= 0.3 is 0 Å². The summed E-state index contributed by atoms with van der Waals surface area (Å²) in [5, 5.41) is 9.82. The number of likely N-dealkylation sites (tertiary alicyclic amines) is 1. The smallest absolute Gasteiger partial charge is 0.256 e. The van der Waals surface area contributed by atoms with Crippen molar-refractivity contribution in [3.05, 3.63) is 19.2 Å². The van der Waals surface area contributed by atoms with Gasteiger partial charge < -0.3 is 10.0 Å². The lowest BCUT2D eigenvalue weighted by molar-refractivity contribution is 0.0572. The van der Waals surface area contributed by atoms with Gasteiger partial charge in [-0.1, -0.05) is 0 Å². The van der Waals surface area contributed by atoms with Crippen molar-refractivity contribution in [2.75, 3.05) is 13.1 Å². The molecule has 2 heterocycles. The van der Waals surface area contributed by atoms with E-state index in [4.69, 9.17) is 0 Å². The summed E-state index contributed by atoms with van der Waals surface area (Å²) < 4.78 is 1.75. The Morgan fingerprint density at radius 2 is 2.31 bits per heavy atom. The molecule has 1 unspecified atom stereocenters. The molecule has 1 amide bonds. The van der Waals surface area contributed by atoms with Crippen molar-refractivity contribution >= 4 is 49.1 Å². The van der Waals surface area contributed by atoms with Crippen LogP contribution in [0.4, 0.5) is 0 Å². The number of hydrogen-bond acceptors (Lipinski definition) is 3. The van der Waals surface area contributed by atoms with Crippen molar-refractivity contribution in [2.45, 2.75) is 18.9 Å². The van der Waals surface area contributed by atoms with Gasteiger partial charge in [-0.3, -0.25) is 4.79 Å². The van der Waals surface area contributed by atoms with E-state index in [2.05, 4.69) is 31.9 Å². The van der Waals surface area contributed by atoms with Gasteiger partial charge in [-0.25, -0.2) is 0 Å². The first-order chi connectivity index (χ1) is 7.39. The second kappa shape index (κ2) is 4.40. The molecule has 1 N–H and O–H groups in total. The summed E-state index contributed by atoms with van der Waals surface area (Å²) in [5.74, 6) is -0.0217. The van der Waals surface area contributed by atoms with Crippen LogP contribution in [0.5, 0.6) is 0 Å². The molecule has 16 heavy (non-hydrogen) atoms. The van der Waals surface area contributed by atoms with Crippen LogP contribution in [0.3, 0.4) is 0 Å². The minimum atomic E-state index is -0.741. The van der Waals surface area contributed by atoms with E-state index in [1.807, 2.05) is 6.07 Å². The maximum Gasteiger partial charge on any atom is 0.256 e. The second-order valence-electron chi connectivity index (χ2n) is 4.21. The standard InChI is InChI=1S/C10H11Br2NO2S/c1-10(15)2-3-13(5-10)9(14)6-4-7(11)16-8(6)12/h4,15H,2-3,5H2,1H3. The molecule has 1 saturated heterocycles. The zero-order valence-electron chi connectivity index (χ0n) is 8.67. The van der Waals surface area contributed by atoms with Crippen LogP contribution < -0.4 is 0 Å². The molecule has 0 radical (unpaired) electrons. The minimum Gasteiger partial charge on any atom is -0.388 e. The second-order valence-corrected chi connectivity index (χ2v) is 7.96. The third kappa shape index (κ3) is 2.50. The largest absolute Gasteiger partial charge is 0.388 e. The number of hydrogen-bond donors (Lipinski definition) is 1. The molecule has 0 saturated carbocycles. The van der Waals surface area contributed by atoms with E-state index in [0.29, 0.717) is 25.1 Å². The highest BCUT2D eigenvalue weighted by Gasteiger charge is 2.35. The molecule has 2 rings (SSSR count). The summed E-state index contributed by atoms with van der Waals surface area (Å²) in [6.45, 7) is 2.79. The van der Waals surface area contributed by atoms with Crippen LogP contribution in [0, 0.1) is 0 Å². The number of halogens is 2. The Hall–Kier alpha value is 0.0900. The maximum atomic E-state index is 12.1. The van der Waals surface area contributed by atoms with Crippen molar-refractivity contribution in [1.82, 2.24) is 4.90 Å². The van der Waals surface area contributed by atoms with E-state index in [0.717, 1.165) is 7.57 Å². The van der Waals surface area contributed by atoms with Crippen LogP contribution in [0.2, 0.25) is 0 Å². The molecular weight excluding hydrogens is 358 g/mol. The fourth-order valence-electron chi connectivity index (χ4n) is 1.77. The van der Waals surface area contributed by atoms with Gasteiger partial charge in [-0.05, 0) is 51.3 Å². The molecule has 88 valence electrons. The van der Waals surface area contributed by atoms with E-state index < -0.39 is 5.60 Å². The number of β-amino-alcohol motifs (C(OH)–C–C–N with tert-alkyl or cyclic N) is 1. The van der Waals surface area contributed by atoms with E-state index in [-0.39, 0.29) is 5.91 Å². The van der Waals surface area contributed by atoms with E-state index in [1.165, 1.54) is 11.3 Å². The lowest BCUT2D eigenvalue weighted by Gasteiger charge is -2.18. The van der Waals surface area contributed by atoms with Crippen LogP contribution in [-0.2, 0) is 0 Å². The van der Waals surface area contributed by atoms with Gasteiger partial charge in [-0.15, -0.1) is 11.3 Å². The number of rotatable bonds is 1. The quantitative estimate of drug-likeness (QED) is 0.827. The van der Waals surface area contributed by atoms with Crippen molar-refractivity contribution in [3.63, 3.8) is 0 Å². The zero-order valence-corrected chi connectivity index (χ0v) is 12.7. The Labute approximate surface area is 115 Å². The summed E-state index contributed by atoms with van der Waals surface area (Å²) in [6, 6.07) is 1.81. The molecular formula is C10H11Br2NO2S. The fourth-order valence-corrected chi connectivity index (χ4v) is 4.55.